The van der Waals surface area contributed by atoms with Crippen molar-refractivity contribution in [1.29, 1.82) is 0 Å². The van der Waals surface area contributed by atoms with Crippen molar-refractivity contribution in [2.45, 2.75) is 19.9 Å². The fourth-order valence-electron chi connectivity index (χ4n) is 2.60. The molecular formula is C20H19BrFN3O2. The number of halogens is 2. The van der Waals surface area contributed by atoms with Crippen molar-refractivity contribution in [3.63, 3.8) is 0 Å². The summed E-state index contributed by atoms with van der Waals surface area (Å²) < 4.78 is 20.6. The van der Waals surface area contributed by atoms with Crippen molar-refractivity contribution < 1.29 is 13.9 Å². The van der Waals surface area contributed by atoms with Crippen LogP contribution in [0.2, 0.25) is 0 Å². The highest BCUT2D eigenvalue weighted by atomic mass is 79.9. The maximum absolute atomic E-state index is 13.1. The van der Waals surface area contributed by atoms with E-state index in [9.17, 15) is 9.18 Å². The molecular weight excluding hydrogens is 413 g/mol. The summed E-state index contributed by atoms with van der Waals surface area (Å²) in [5.74, 6) is 0.164. The Hall–Kier alpha value is -2.67. The number of carbonyl (C=O) groups is 1. The topological polar surface area (TPSA) is 56.1 Å². The molecule has 1 unspecified atom stereocenters. The second-order valence-corrected chi connectivity index (χ2v) is 6.80. The molecule has 1 N–H and O–H groups in total. The van der Waals surface area contributed by atoms with Gasteiger partial charge >= 0.3 is 0 Å². The Bertz CT molecular complexity index is 923. The van der Waals surface area contributed by atoms with E-state index >= 15 is 0 Å². The van der Waals surface area contributed by atoms with E-state index in [0.717, 1.165) is 11.3 Å². The van der Waals surface area contributed by atoms with Crippen LogP contribution in [-0.2, 0) is 0 Å². The van der Waals surface area contributed by atoms with Crippen LogP contribution in [0.15, 0.2) is 59.2 Å². The van der Waals surface area contributed by atoms with Gasteiger partial charge in [0.2, 0.25) is 0 Å². The molecule has 140 valence electrons. The van der Waals surface area contributed by atoms with Gasteiger partial charge in [-0.1, -0.05) is 12.1 Å². The molecule has 1 amide bonds. The van der Waals surface area contributed by atoms with Crippen LogP contribution >= 0.6 is 15.9 Å². The number of nitrogens with zero attached hydrogens (tertiary/aromatic N) is 2. The molecule has 2 aromatic carbocycles. The van der Waals surface area contributed by atoms with Gasteiger partial charge in [-0.25, -0.2) is 9.07 Å². The first-order valence-corrected chi connectivity index (χ1v) is 9.32. The minimum absolute atomic E-state index is 0.198. The highest BCUT2D eigenvalue weighted by molar-refractivity contribution is 9.10. The highest BCUT2D eigenvalue weighted by Crippen LogP contribution is 2.21. The number of aromatic nitrogens is 2. The largest absolute Gasteiger partial charge is 0.494 e. The first-order valence-electron chi connectivity index (χ1n) is 8.52. The summed E-state index contributed by atoms with van der Waals surface area (Å²) in [6.07, 6.45) is 1.67. The van der Waals surface area contributed by atoms with E-state index in [2.05, 4.69) is 26.3 Å². The molecule has 0 saturated heterocycles. The molecule has 5 nitrogen and oxygen atoms in total. The number of hydrogen-bond donors (Lipinski definition) is 1. The molecule has 0 aliphatic heterocycles. The van der Waals surface area contributed by atoms with Crippen molar-refractivity contribution in [3.8, 4) is 11.4 Å². The SMILES string of the molecule is CCOc1ccc(C(C)NC(=O)c2nn(-c3ccc(F)cc3)cc2Br)cc1. The third-order valence-corrected chi connectivity index (χ3v) is 4.59. The number of rotatable bonds is 6. The molecule has 0 fully saturated rings. The molecule has 1 heterocycles. The third kappa shape index (κ3) is 4.54. The lowest BCUT2D eigenvalue weighted by Gasteiger charge is -2.14. The van der Waals surface area contributed by atoms with Crippen molar-refractivity contribution in [2.24, 2.45) is 0 Å². The molecule has 0 aliphatic rings. The number of hydrogen-bond acceptors (Lipinski definition) is 3. The summed E-state index contributed by atoms with van der Waals surface area (Å²) in [7, 11) is 0. The van der Waals surface area contributed by atoms with Gasteiger partial charge in [-0.2, -0.15) is 5.10 Å². The van der Waals surface area contributed by atoms with Gasteiger partial charge in [0.1, 0.15) is 11.6 Å². The van der Waals surface area contributed by atoms with Crippen LogP contribution in [0.3, 0.4) is 0 Å². The van der Waals surface area contributed by atoms with Crippen LogP contribution in [0, 0.1) is 5.82 Å². The summed E-state index contributed by atoms with van der Waals surface area (Å²) in [5, 5.41) is 7.24. The van der Waals surface area contributed by atoms with Gasteiger partial charge in [0, 0.05) is 6.20 Å². The molecule has 0 bridgehead atoms. The molecule has 7 heteroatoms. The van der Waals surface area contributed by atoms with Gasteiger partial charge in [-0.15, -0.1) is 0 Å². The van der Waals surface area contributed by atoms with E-state index in [1.165, 1.54) is 16.8 Å². The van der Waals surface area contributed by atoms with E-state index in [1.807, 2.05) is 38.1 Å². The summed E-state index contributed by atoms with van der Waals surface area (Å²) >= 11 is 3.37. The lowest BCUT2D eigenvalue weighted by atomic mass is 10.1. The monoisotopic (exact) mass is 431 g/mol. The fourth-order valence-corrected chi connectivity index (χ4v) is 3.05. The summed E-state index contributed by atoms with van der Waals surface area (Å²) in [6.45, 7) is 4.44. The molecule has 3 aromatic rings. The van der Waals surface area contributed by atoms with Gasteiger partial charge in [0.05, 0.1) is 22.8 Å². The molecule has 0 saturated carbocycles. The average Bonchev–Trinajstić information content (AvgIpc) is 3.05. The Morgan fingerprint density at radius 1 is 1.22 bits per heavy atom. The predicted molar refractivity (Wildman–Crippen MR) is 105 cm³/mol. The second kappa shape index (κ2) is 8.35. The van der Waals surface area contributed by atoms with Crippen LogP contribution in [0.4, 0.5) is 4.39 Å². The van der Waals surface area contributed by atoms with E-state index in [4.69, 9.17) is 4.74 Å². The van der Waals surface area contributed by atoms with Crippen molar-refractivity contribution in [1.82, 2.24) is 15.1 Å². The zero-order valence-electron chi connectivity index (χ0n) is 14.9. The smallest absolute Gasteiger partial charge is 0.273 e. The quantitative estimate of drug-likeness (QED) is 0.617. The number of benzene rings is 2. The van der Waals surface area contributed by atoms with E-state index < -0.39 is 0 Å². The molecule has 1 atom stereocenters. The predicted octanol–water partition coefficient (Wildman–Crippen LogP) is 4.66. The summed E-state index contributed by atoms with van der Waals surface area (Å²) in [4.78, 5) is 12.6. The Balaban J connectivity index is 1.73. The van der Waals surface area contributed by atoms with Gasteiger partial charge in [-0.3, -0.25) is 4.79 Å². The van der Waals surface area contributed by atoms with Crippen LogP contribution in [0.1, 0.15) is 35.9 Å². The maximum atomic E-state index is 13.1. The normalized spacial score (nSPS) is 11.9. The number of amides is 1. The van der Waals surface area contributed by atoms with E-state index in [-0.39, 0.29) is 23.5 Å². The number of nitrogens with one attached hydrogen (secondary N) is 1. The second-order valence-electron chi connectivity index (χ2n) is 5.94. The van der Waals surface area contributed by atoms with Crippen LogP contribution in [0.25, 0.3) is 5.69 Å². The fraction of sp³-hybridized carbons (Fsp3) is 0.200. The Morgan fingerprint density at radius 3 is 2.52 bits per heavy atom. The molecule has 3 rings (SSSR count). The Kier molecular flexibility index (Phi) is 5.91. The Labute approximate surface area is 165 Å². The van der Waals surface area contributed by atoms with Crippen molar-refractivity contribution in [2.75, 3.05) is 6.61 Å². The summed E-state index contributed by atoms with van der Waals surface area (Å²) in [6, 6.07) is 13.3. The standard InChI is InChI=1S/C20H19BrFN3O2/c1-3-27-17-10-4-14(5-11-17)13(2)23-20(26)19-18(21)12-25(24-19)16-8-6-15(22)7-9-16/h4-13H,3H2,1-2H3,(H,23,26). The van der Waals surface area contributed by atoms with Gasteiger partial charge in [-0.05, 0) is 71.7 Å². The lowest BCUT2D eigenvalue weighted by molar-refractivity contribution is 0.0933. The molecule has 0 radical (unpaired) electrons. The Morgan fingerprint density at radius 2 is 1.89 bits per heavy atom. The van der Waals surface area contributed by atoms with Crippen molar-refractivity contribution in [3.05, 3.63) is 76.3 Å². The average molecular weight is 432 g/mol. The highest BCUT2D eigenvalue weighted by Gasteiger charge is 2.18. The number of carbonyl (C=O) groups excluding carboxylic acids is 1. The third-order valence-electron chi connectivity index (χ3n) is 4.01. The lowest BCUT2D eigenvalue weighted by Crippen LogP contribution is -2.27. The first-order chi connectivity index (χ1) is 13.0. The van der Waals surface area contributed by atoms with Crippen LogP contribution in [-0.4, -0.2) is 22.3 Å². The summed E-state index contributed by atoms with van der Waals surface area (Å²) in [5.41, 5.74) is 1.88. The molecule has 0 spiro atoms. The zero-order chi connectivity index (χ0) is 19.4. The van der Waals surface area contributed by atoms with Gasteiger partial charge < -0.3 is 10.1 Å². The zero-order valence-corrected chi connectivity index (χ0v) is 16.5. The van der Waals surface area contributed by atoms with E-state index in [1.54, 1.807) is 18.3 Å². The van der Waals surface area contributed by atoms with Crippen molar-refractivity contribution >= 4 is 21.8 Å². The molecule has 0 aliphatic carbocycles. The minimum Gasteiger partial charge on any atom is -0.494 e. The molecule has 1 aromatic heterocycles. The molecule has 27 heavy (non-hydrogen) atoms. The first kappa shape index (κ1) is 19.1. The van der Waals surface area contributed by atoms with E-state index in [0.29, 0.717) is 16.8 Å². The van der Waals surface area contributed by atoms with Crippen LogP contribution < -0.4 is 10.1 Å². The number of ether oxygens (including phenoxy) is 1. The maximum Gasteiger partial charge on any atom is 0.273 e. The minimum atomic E-state index is -0.327. The van der Waals surface area contributed by atoms with Gasteiger partial charge in [0.15, 0.2) is 5.69 Å². The van der Waals surface area contributed by atoms with Gasteiger partial charge in [0.25, 0.3) is 5.91 Å². The van der Waals surface area contributed by atoms with Crippen LogP contribution in [0.5, 0.6) is 5.75 Å².